The largest absolute Gasteiger partial charge is 0.305 e. The Labute approximate surface area is 327 Å². The molecule has 8 aromatic rings. The van der Waals surface area contributed by atoms with Crippen molar-refractivity contribution in [2.75, 3.05) is 0 Å². The van der Waals surface area contributed by atoms with Gasteiger partial charge in [-0.3, -0.25) is 4.98 Å². The number of pyridine rings is 3. The van der Waals surface area contributed by atoms with Crippen molar-refractivity contribution in [3.8, 4) is 55.9 Å². The van der Waals surface area contributed by atoms with Crippen molar-refractivity contribution in [3.05, 3.63) is 187 Å². The van der Waals surface area contributed by atoms with Crippen molar-refractivity contribution in [1.82, 2.24) is 15.0 Å². The van der Waals surface area contributed by atoms with Gasteiger partial charge in [-0.25, -0.2) is 0 Å². The van der Waals surface area contributed by atoms with Gasteiger partial charge in [0.2, 0.25) is 0 Å². The third kappa shape index (κ3) is 8.42. The third-order valence-electron chi connectivity index (χ3n) is 9.39. The summed E-state index contributed by atoms with van der Waals surface area (Å²) >= 11 is 0. The van der Waals surface area contributed by atoms with Gasteiger partial charge in [-0.15, -0.1) is 71.3 Å². The molecular weight excluding hydrogens is 823 g/mol. The zero-order chi connectivity index (χ0) is 36.1. The van der Waals surface area contributed by atoms with E-state index >= 15 is 0 Å². The standard InChI is InChI=1S/C37H31N2.C12H10N.Ir/c1-25-30(26-11-6-5-7-12-26)15-9-16-31(25)34-19-18-32(33-17-10-21-39-36(33)34)27-13-8-14-28(23-27)35-24-29(20-22-38-35)37(2,3)4;1-10-7-8-13-12(9-10)11-5-3-2-4-6-11;/h5-13,15-24H,1-4H3;2-5,7-9H,1H3;/q2*-1;. The van der Waals surface area contributed by atoms with Gasteiger partial charge in [0.25, 0.3) is 0 Å². The SMILES string of the molecule is Cc1c(-c2ccccc2)cccc1-c1ccc(-c2cc[c-]c(-c3cc(C(C)(C)C)ccn3)c2)c2cccnc12.Cc1ccnc(-c2[c-]cccc2)c1.[Ir]. The van der Waals surface area contributed by atoms with Crippen LogP contribution in [0.4, 0.5) is 0 Å². The van der Waals surface area contributed by atoms with Gasteiger partial charge >= 0.3 is 0 Å². The van der Waals surface area contributed by atoms with E-state index in [-0.39, 0.29) is 25.5 Å². The van der Waals surface area contributed by atoms with E-state index in [1.807, 2.05) is 61.1 Å². The zero-order valence-electron chi connectivity index (χ0n) is 30.7. The molecule has 0 spiro atoms. The molecule has 0 unspecified atom stereocenters. The minimum Gasteiger partial charge on any atom is -0.305 e. The molecule has 0 N–H and O–H groups in total. The van der Waals surface area contributed by atoms with Crippen LogP contribution in [-0.2, 0) is 25.5 Å². The van der Waals surface area contributed by atoms with Crippen LogP contribution >= 0.6 is 0 Å². The summed E-state index contributed by atoms with van der Waals surface area (Å²) in [5.41, 5.74) is 15.9. The number of benzene rings is 5. The van der Waals surface area contributed by atoms with Crippen molar-refractivity contribution >= 4 is 10.9 Å². The van der Waals surface area contributed by atoms with Gasteiger partial charge in [0.15, 0.2) is 0 Å². The molecule has 0 amide bonds. The van der Waals surface area contributed by atoms with Gasteiger partial charge < -0.3 is 9.97 Å². The van der Waals surface area contributed by atoms with E-state index in [0.29, 0.717) is 0 Å². The Bertz CT molecular complexity index is 2470. The number of fused-ring (bicyclic) bond motifs is 1. The molecule has 3 aromatic heterocycles. The first-order chi connectivity index (χ1) is 25.3. The summed E-state index contributed by atoms with van der Waals surface area (Å²) in [6.45, 7) is 10.9. The molecule has 0 aliphatic carbocycles. The average molecular weight is 864 g/mol. The number of hydrogen-bond acceptors (Lipinski definition) is 3. The molecule has 3 heterocycles. The van der Waals surface area contributed by atoms with E-state index in [1.54, 1.807) is 0 Å². The molecule has 0 fully saturated rings. The smallest absolute Gasteiger partial charge is 0.0786 e. The molecule has 8 rings (SSSR count). The fraction of sp³-hybridized carbons (Fsp3) is 0.122. The second kappa shape index (κ2) is 16.4. The topological polar surface area (TPSA) is 38.7 Å². The Kier molecular flexibility index (Phi) is 11.5. The summed E-state index contributed by atoms with van der Waals surface area (Å²) in [6, 6.07) is 54.8. The van der Waals surface area contributed by atoms with Crippen LogP contribution < -0.4 is 0 Å². The van der Waals surface area contributed by atoms with Gasteiger partial charge in [0.05, 0.1) is 5.52 Å². The van der Waals surface area contributed by atoms with E-state index in [4.69, 9.17) is 4.98 Å². The fourth-order valence-corrected chi connectivity index (χ4v) is 6.56. The molecule has 0 aliphatic heterocycles. The predicted octanol–water partition coefficient (Wildman–Crippen LogP) is 12.6. The normalized spacial score (nSPS) is 11.0. The number of rotatable bonds is 5. The predicted molar refractivity (Wildman–Crippen MR) is 217 cm³/mol. The van der Waals surface area contributed by atoms with Crippen LogP contribution in [0.15, 0.2) is 158 Å². The summed E-state index contributed by atoms with van der Waals surface area (Å²) in [4.78, 5) is 13.8. The Morgan fingerprint density at radius 2 is 1.21 bits per heavy atom. The van der Waals surface area contributed by atoms with E-state index in [2.05, 4.69) is 154 Å². The minimum absolute atomic E-state index is 0. The number of nitrogens with zero attached hydrogens (tertiary/aromatic N) is 3. The van der Waals surface area contributed by atoms with Crippen LogP contribution in [0.3, 0.4) is 0 Å². The molecule has 0 bridgehead atoms. The van der Waals surface area contributed by atoms with Crippen molar-refractivity contribution in [1.29, 1.82) is 0 Å². The van der Waals surface area contributed by atoms with Crippen molar-refractivity contribution in [2.24, 2.45) is 0 Å². The van der Waals surface area contributed by atoms with Gasteiger partial charge in [-0.05, 0) is 82.2 Å². The van der Waals surface area contributed by atoms with Gasteiger partial charge in [-0.1, -0.05) is 105 Å². The number of aromatic nitrogens is 3. The summed E-state index contributed by atoms with van der Waals surface area (Å²) in [6.07, 6.45) is 5.61. The summed E-state index contributed by atoms with van der Waals surface area (Å²) in [5, 5.41) is 1.13. The minimum atomic E-state index is 0. The van der Waals surface area contributed by atoms with Crippen LogP contribution in [0.25, 0.3) is 66.8 Å². The molecule has 0 aliphatic rings. The molecule has 53 heavy (non-hydrogen) atoms. The fourth-order valence-electron chi connectivity index (χ4n) is 6.56. The van der Waals surface area contributed by atoms with Gasteiger partial charge in [-0.2, -0.15) is 0 Å². The first-order valence-electron chi connectivity index (χ1n) is 17.7. The monoisotopic (exact) mass is 864 g/mol. The average Bonchev–Trinajstić information content (AvgIpc) is 3.18. The van der Waals surface area contributed by atoms with Crippen LogP contribution in [0, 0.1) is 26.0 Å². The van der Waals surface area contributed by atoms with Crippen LogP contribution in [-0.4, -0.2) is 15.0 Å². The molecule has 5 aromatic carbocycles. The van der Waals surface area contributed by atoms with Gasteiger partial charge in [0.1, 0.15) is 0 Å². The Hall–Kier alpha value is -5.54. The number of hydrogen-bond donors (Lipinski definition) is 0. The van der Waals surface area contributed by atoms with E-state index in [0.717, 1.165) is 50.1 Å². The molecule has 263 valence electrons. The number of aryl methyl sites for hydroxylation is 1. The third-order valence-corrected chi connectivity index (χ3v) is 9.39. The molecular formula is C49H41IrN3-2. The molecule has 0 atom stereocenters. The van der Waals surface area contributed by atoms with Crippen molar-refractivity contribution in [3.63, 3.8) is 0 Å². The van der Waals surface area contributed by atoms with Gasteiger partial charge in [0, 0.05) is 49.6 Å². The van der Waals surface area contributed by atoms with Crippen LogP contribution in [0.2, 0.25) is 0 Å². The molecule has 4 heteroatoms. The first kappa shape index (κ1) is 37.2. The quantitative estimate of drug-likeness (QED) is 0.162. The Balaban J connectivity index is 0.000000289. The van der Waals surface area contributed by atoms with Crippen LogP contribution in [0.1, 0.15) is 37.5 Å². The second-order valence-corrected chi connectivity index (χ2v) is 14.1. The maximum atomic E-state index is 4.89. The van der Waals surface area contributed by atoms with E-state index < -0.39 is 0 Å². The zero-order valence-corrected chi connectivity index (χ0v) is 33.1. The summed E-state index contributed by atoms with van der Waals surface area (Å²) in [7, 11) is 0. The second-order valence-electron chi connectivity index (χ2n) is 14.1. The maximum absolute atomic E-state index is 4.89. The molecule has 1 radical (unpaired) electrons. The summed E-state index contributed by atoms with van der Waals surface area (Å²) in [5.74, 6) is 0. The maximum Gasteiger partial charge on any atom is 0.0786 e. The first-order valence-corrected chi connectivity index (χ1v) is 17.7. The molecule has 0 saturated carbocycles. The summed E-state index contributed by atoms with van der Waals surface area (Å²) < 4.78 is 0. The van der Waals surface area contributed by atoms with E-state index in [9.17, 15) is 0 Å². The van der Waals surface area contributed by atoms with Crippen molar-refractivity contribution in [2.45, 2.75) is 40.0 Å². The van der Waals surface area contributed by atoms with Crippen LogP contribution in [0.5, 0.6) is 0 Å². The Morgan fingerprint density at radius 3 is 1.96 bits per heavy atom. The Morgan fingerprint density at radius 1 is 0.491 bits per heavy atom. The molecule has 0 saturated heterocycles. The van der Waals surface area contributed by atoms with E-state index in [1.165, 1.54) is 33.4 Å². The molecule has 3 nitrogen and oxygen atoms in total. The van der Waals surface area contributed by atoms with Crippen molar-refractivity contribution < 1.29 is 20.1 Å².